The molecule has 0 spiro atoms. The molecule has 1 aromatic rings. The molecular formula is C19H32Cl2N4O2. The Hall–Kier alpha value is -1.34. The molecule has 0 radical (unpaired) electrons. The summed E-state index contributed by atoms with van der Waals surface area (Å²) in [4.78, 5) is 28.4. The Morgan fingerprint density at radius 2 is 1.74 bits per heavy atom. The molecule has 1 fully saturated rings. The normalized spacial score (nSPS) is 14.1. The molecule has 0 unspecified atom stereocenters. The van der Waals surface area contributed by atoms with Crippen molar-refractivity contribution in [1.29, 1.82) is 0 Å². The smallest absolute Gasteiger partial charge is 0.238 e. The minimum Gasteiger partial charge on any atom is -0.340 e. The molecule has 0 bridgehead atoms. The molecule has 1 aliphatic heterocycles. The highest BCUT2D eigenvalue weighted by molar-refractivity contribution is 5.93. The van der Waals surface area contributed by atoms with Gasteiger partial charge in [-0.2, -0.15) is 0 Å². The van der Waals surface area contributed by atoms with E-state index in [-0.39, 0.29) is 36.6 Å². The maximum Gasteiger partial charge on any atom is 0.238 e. The minimum absolute atomic E-state index is 0. The van der Waals surface area contributed by atoms with Crippen molar-refractivity contribution in [2.45, 2.75) is 26.7 Å². The van der Waals surface area contributed by atoms with Gasteiger partial charge in [0.05, 0.1) is 6.54 Å². The molecule has 1 aliphatic rings. The molecule has 8 heteroatoms. The van der Waals surface area contributed by atoms with Gasteiger partial charge in [0.1, 0.15) is 0 Å². The van der Waals surface area contributed by atoms with Crippen LogP contribution in [0.2, 0.25) is 0 Å². The number of carbonyl (C=O) groups is 2. The fraction of sp³-hybridized carbons (Fsp3) is 0.579. The van der Waals surface area contributed by atoms with Crippen LogP contribution in [0.25, 0.3) is 0 Å². The number of piperazine rings is 1. The standard InChI is InChI=1S/C19H30N4O2.2ClH/c1-15-6-4-7-17(16(15)2)21-18(24)14-22-10-12-23(13-11-22)19(25)8-5-9-20-3;;/h4,6-7,20H,5,8-14H2,1-3H3,(H,21,24);2*1H. The third-order valence-corrected chi connectivity index (χ3v) is 4.79. The molecule has 27 heavy (non-hydrogen) atoms. The number of carbonyl (C=O) groups excluding carboxylic acids is 2. The van der Waals surface area contributed by atoms with Gasteiger partial charge in [-0.25, -0.2) is 0 Å². The number of anilines is 1. The second-order valence-electron chi connectivity index (χ2n) is 6.66. The lowest BCUT2D eigenvalue weighted by molar-refractivity contribution is -0.133. The van der Waals surface area contributed by atoms with E-state index < -0.39 is 0 Å². The molecule has 6 nitrogen and oxygen atoms in total. The van der Waals surface area contributed by atoms with Crippen LogP contribution in [-0.4, -0.2) is 67.9 Å². The van der Waals surface area contributed by atoms with Crippen molar-refractivity contribution in [1.82, 2.24) is 15.1 Å². The number of amides is 2. The summed E-state index contributed by atoms with van der Waals surface area (Å²) in [7, 11) is 1.90. The SMILES string of the molecule is CNCCCC(=O)N1CCN(CC(=O)Nc2cccc(C)c2C)CC1.Cl.Cl. The van der Waals surface area contributed by atoms with Crippen molar-refractivity contribution >= 4 is 42.3 Å². The van der Waals surface area contributed by atoms with Gasteiger partial charge < -0.3 is 15.5 Å². The Morgan fingerprint density at radius 1 is 1.07 bits per heavy atom. The maximum absolute atomic E-state index is 12.3. The average Bonchev–Trinajstić information content (AvgIpc) is 2.59. The average molecular weight is 419 g/mol. The lowest BCUT2D eigenvalue weighted by Gasteiger charge is -2.34. The second-order valence-corrected chi connectivity index (χ2v) is 6.66. The Kier molecular flexibility index (Phi) is 12.3. The Bertz CT molecular complexity index is 605. The Labute approximate surface area is 174 Å². The van der Waals surface area contributed by atoms with Gasteiger partial charge in [0.15, 0.2) is 0 Å². The van der Waals surface area contributed by atoms with E-state index in [9.17, 15) is 9.59 Å². The summed E-state index contributed by atoms with van der Waals surface area (Å²) in [5.41, 5.74) is 3.15. The zero-order valence-electron chi connectivity index (χ0n) is 16.4. The second kappa shape index (κ2) is 12.9. The number of hydrogen-bond donors (Lipinski definition) is 2. The summed E-state index contributed by atoms with van der Waals surface area (Å²) in [6.45, 7) is 8.20. The van der Waals surface area contributed by atoms with E-state index in [1.807, 2.05) is 44.0 Å². The van der Waals surface area contributed by atoms with Gasteiger partial charge in [0.25, 0.3) is 0 Å². The third-order valence-electron chi connectivity index (χ3n) is 4.79. The molecule has 0 aliphatic carbocycles. The summed E-state index contributed by atoms with van der Waals surface area (Å²) in [5, 5.41) is 6.06. The lowest BCUT2D eigenvalue weighted by atomic mass is 10.1. The first kappa shape index (κ1) is 25.7. The highest BCUT2D eigenvalue weighted by atomic mass is 35.5. The highest BCUT2D eigenvalue weighted by Crippen LogP contribution is 2.18. The number of halogens is 2. The van der Waals surface area contributed by atoms with E-state index in [4.69, 9.17) is 0 Å². The van der Waals surface area contributed by atoms with Crippen molar-refractivity contribution in [3.05, 3.63) is 29.3 Å². The molecule has 2 rings (SSSR count). The van der Waals surface area contributed by atoms with E-state index in [0.717, 1.165) is 37.3 Å². The number of nitrogens with zero attached hydrogens (tertiary/aromatic N) is 2. The summed E-state index contributed by atoms with van der Waals surface area (Å²) in [5.74, 6) is 0.220. The quantitative estimate of drug-likeness (QED) is 0.666. The van der Waals surface area contributed by atoms with Crippen molar-refractivity contribution in [3.63, 3.8) is 0 Å². The summed E-state index contributed by atoms with van der Waals surface area (Å²) >= 11 is 0. The molecule has 0 aromatic heterocycles. The molecule has 0 saturated carbocycles. The first-order chi connectivity index (χ1) is 12.0. The molecule has 154 valence electrons. The molecule has 2 amide bonds. The predicted molar refractivity (Wildman–Crippen MR) is 115 cm³/mol. The number of hydrogen-bond acceptors (Lipinski definition) is 4. The molecule has 1 aromatic carbocycles. The summed E-state index contributed by atoms with van der Waals surface area (Å²) in [6.07, 6.45) is 1.46. The molecule has 1 saturated heterocycles. The van der Waals surface area contributed by atoms with Gasteiger partial charge in [-0.15, -0.1) is 24.8 Å². The first-order valence-corrected chi connectivity index (χ1v) is 9.02. The van der Waals surface area contributed by atoms with E-state index in [1.54, 1.807) is 0 Å². The van der Waals surface area contributed by atoms with Crippen LogP contribution in [0.1, 0.15) is 24.0 Å². The fourth-order valence-corrected chi connectivity index (χ4v) is 3.01. The zero-order chi connectivity index (χ0) is 18.2. The van der Waals surface area contributed by atoms with Crippen LogP contribution in [0.15, 0.2) is 18.2 Å². The van der Waals surface area contributed by atoms with E-state index in [0.29, 0.717) is 26.1 Å². The van der Waals surface area contributed by atoms with Gasteiger partial charge in [-0.3, -0.25) is 14.5 Å². The van der Waals surface area contributed by atoms with Crippen LogP contribution in [0.3, 0.4) is 0 Å². The number of aryl methyl sites for hydroxylation is 1. The fourth-order valence-electron chi connectivity index (χ4n) is 3.01. The van der Waals surface area contributed by atoms with Crippen LogP contribution in [-0.2, 0) is 9.59 Å². The molecule has 0 atom stereocenters. The van der Waals surface area contributed by atoms with Gasteiger partial charge >= 0.3 is 0 Å². The van der Waals surface area contributed by atoms with Crippen LogP contribution in [0.5, 0.6) is 0 Å². The van der Waals surface area contributed by atoms with E-state index >= 15 is 0 Å². The van der Waals surface area contributed by atoms with Crippen LogP contribution in [0, 0.1) is 13.8 Å². The van der Waals surface area contributed by atoms with Gasteiger partial charge in [0.2, 0.25) is 11.8 Å². The minimum atomic E-state index is 0. The third kappa shape index (κ3) is 8.05. The van der Waals surface area contributed by atoms with Crippen LogP contribution in [0.4, 0.5) is 5.69 Å². The Balaban J connectivity index is 0.00000338. The van der Waals surface area contributed by atoms with Crippen molar-refractivity contribution in [3.8, 4) is 0 Å². The summed E-state index contributed by atoms with van der Waals surface area (Å²) in [6, 6.07) is 5.93. The summed E-state index contributed by atoms with van der Waals surface area (Å²) < 4.78 is 0. The van der Waals surface area contributed by atoms with Crippen molar-refractivity contribution < 1.29 is 9.59 Å². The monoisotopic (exact) mass is 418 g/mol. The van der Waals surface area contributed by atoms with Crippen molar-refractivity contribution in [2.24, 2.45) is 0 Å². The predicted octanol–water partition coefficient (Wildman–Crippen LogP) is 2.23. The van der Waals surface area contributed by atoms with E-state index in [1.165, 1.54) is 5.56 Å². The molecule has 2 N–H and O–H groups in total. The highest BCUT2D eigenvalue weighted by Gasteiger charge is 2.22. The number of rotatable bonds is 7. The van der Waals surface area contributed by atoms with Crippen LogP contribution < -0.4 is 10.6 Å². The number of nitrogens with one attached hydrogen (secondary N) is 2. The topological polar surface area (TPSA) is 64.7 Å². The molecular weight excluding hydrogens is 387 g/mol. The van der Waals surface area contributed by atoms with Crippen LogP contribution >= 0.6 is 24.8 Å². The van der Waals surface area contributed by atoms with Gasteiger partial charge in [-0.05, 0) is 51.1 Å². The lowest BCUT2D eigenvalue weighted by Crippen LogP contribution is -2.50. The van der Waals surface area contributed by atoms with Gasteiger partial charge in [-0.1, -0.05) is 12.1 Å². The maximum atomic E-state index is 12.3. The number of benzene rings is 1. The molecule has 1 heterocycles. The first-order valence-electron chi connectivity index (χ1n) is 9.02. The van der Waals surface area contributed by atoms with Crippen molar-refractivity contribution in [2.75, 3.05) is 51.6 Å². The van der Waals surface area contributed by atoms with E-state index in [2.05, 4.69) is 15.5 Å². The Morgan fingerprint density at radius 3 is 2.37 bits per heavy atom. The largest absolute Gasteiger partial charge is 0.340 e. The van der Waals surface area contributed by atoms with Gasteiger partial charge in [0, 0.05) is 38.3 Å². The zero-order valence-corrected chi connectivity index (χ0v) is 18.0.